The fourth-order valence-corrected chi connectivity index (χ4v) is 2.13. The van der Waals surface area contributed by atoms with Crippen molar-refractivity contribution >= 4 is 17.2 Å². The van der Waals surface area contributed by atoms with Gasteiger partial charge in [0.05, 0.1) is 5.69 Å². The van der Waals surface area contributed by atoms with Gasteiger partial charge in [-0.15, -0.1) is 0 Å². The van der Waals surface area contributed by atoms with Crippen molar-refractivity contribution in [2.75, 3.05) is 7.05 Å². The Labute approximate surface area is 115 Å². The number of hydrogen-bond donors (Lipinski definition) is 1. The molecular formula is C14H23N3S. The van der Waals surface area contributed by atoms with Crippen LogP contribution in [0.25, 0.3) is 0 Å². The average molecular weight is 265 g/mol. The van der Waals surface area contributed by atoms with Gasteiger partial charge < -0.3 is 5.73 Å². The summed E-state index contributed by atoms with van der Waals surface area (Å²) >= 11 is 4.95. The fraction of sp³-hybridized carbons (Fsp3) is 0.571. The zero-order valence-corrected chi connectivity index (χ0v) is 12.5. The van der Waals surface area contributed by atoms with E-state index < -0.39 is 0 Å². The molecule has 1 heterocycles. The van der Waals surface area contributed by atoms with E-state index in [4.69, 9.17) is 18.0 Å². The van der Waals surface area contributed by atoms with E-state index in [-0.39, 0.29) is 0 Å². The molecule has 1 unspecified atom stereocenters. The van der Waals surface area contributed by atoms with Gasteiger partial charge in [-0.2, -0.15) is 0 Å². The molecular weight excluding hydrogens is 242 g/mol. The molecule has 0 aliphatic rings. The molecule has 0 radical (unpaired) electrons. The smallest absolute Gasteiger partial charge is 0.122 e. The minimum Gasteiger partial charge on any atom is -0.388 e. The van der Waals surface area contributed by atoms with Gasteiger partial charge in [0, 0.05) is 18.8 Å². The Hall–Kier alpha value is -1.00. The fourth-order valence-electron chi connectivity index (χ4n) is 2.01. The van der Waals surface area contributed by atoms with Gasteiger partial charge in [0.15, 0.2) is 0 Å². The van der Waals surface area contributed by atoms with E-state index in [9.17, 15) is 0 Å². The predicted molar refractivity (Wildman–Crippen MR) is 80.5 cm³/mol. The van der Waals surface area contributed by atoms with Gasteiger partial charge in [-0.05, 0) is 44.0 Å². The molecule has 1 aromatic rings. The van der Waals surface area contributed by atoms with E-state index in [0.717, 1.165) is 6.54 Å². The normalized spacial score (nSPS) is 13.0. The number of nitrogens with zero attached hydrogens (tertiary/aromatic N) is 2. The largest absolute Gasteiger partial charge is 0.388 e. The van der Waals surface area contributed by atoms with Crippen LogP contribution in [0.4, 0.5) is 0 Å². The van der Waals surface area contributed by atoms with Crippen molar-refractivity contribution in [3.8, 4) is 0 Å². The highest BCUT2D eigenvalue weighted by Gasteiger charge is 2.11. The highest BCUT2D eigenvalue weighted by atomic mass is 32.1. The van der Waals surface area contributed by atoms with Crippen molar-refractivity contribution in [3.05, 3.63) is 29.6 Å². The molecule has 1 rings (SSSR count). The van der Waals surface area contributed by atoms with Crippen molar-refractivity contribution in [1.82, 2.24) is 9.88 Å². The lowest BCUT2D eigenvalue weighted by molar-refractivity contribution is 0.220. The lowest BCUT2D eigenvalue weighted by Gasteiger charge is -2.26. The molecule has 0 spiro atoms. The minimum absolute atomic E-state index is 0.356. The van der Waals surface area contributed by atoms with Gasteiger partial charge in [-0.1, -0.05) is 26.1 Å². The van der Waals surface area contributed by atoms with Crippen LogP contribution in [0, 0.1) is 5.92 Å². The lowest BCUT2D eigenvalue weighted by Crippen LogP contribution is -2.29. The van der Waals surface area contributed by atoms with Crippen LogP contribution in [-0.4, -0.2) is 28.0 Å². The van der Waals surface area contributed by atoms with Gasteiger partial charge in [0.1, 0.15) is 4.99 Å². The summed E-state index contributed by atoms with van der Waals surface area (Å²) in [6.45, 7) is 7.66. The quantitative estimate of drug-likeness (QED) is 0.803. The van der Waals surface area contributed by atoms with Gasteiger partial charge in [0.25, 0.3) is 0 Å². The van der Waals surface area contributed by atoms with Crippen LogP contribution in [0.2, 0.25) is 0 Å². The Morgan fingerprint density at radius 2 is 2.11 bits per heavy atom. The maximum atomic E-state index is 5.59. The monoisotopic (exact) mass is 265 g/mol. The summed E-state index contributed by atoms with van der Waals surface area (Å²) in [6.07, 6.45) is 2.97. The summed E-state index contributed by atoms with van der Waals surface area (Å²) in [6, 6.07) is 4.55. The van der Waals surface area contributed by atoms with Gasteiger partial charge >= 0.3 is 0 Å². The van der Waals surface area contributed by atoms with Crippen molar-refractivity contribution in [2.24, 2.45) is 11.7 Å². The molecule has 18 heavy (non-hydrogen) atoms. The molecule has 1 atom stereocenters. The van der Waals surface area contributed by atoms with Crippen molar-refractivity contribution in [3.63, 3.8) is 0 Å². The third-order valence-corrected chi connectivity index (χ3v) is 3.28. The zero-order chi connectivity index (χ0) is 13.7. The van der Waals surface area contributed by atoms with Crippen LogP contribution in [0.3, 0.4) is 0 Å². The lowest BCUT2D eigenvalue weighted by atomic mass is 10.0. The third-order valence-electron chi connectivity index (χ3n) is 3.07. The summed E-state index contributed by atoms with van der Waals surface area (Å²) in [5.41, 5.74) is 7.50. The van der Waals surface area contributed by atoms with Crippen LogP contribution in [0.5, 0.6) is 0 Å². The van der Waals surface area contributed by atoms with Crippen LogP contribution in [0.1, 0.15) is 38.4 Å². The zero-order valence-electron chi connectivity index (χ0n) is 11.7. The molecule has 0 saturated carbocycles. The Balaban J connectivity index is 2.66. The number of pyridine rings is 1. The standard InChI is InChI=1S/C14H23N3S/c1-10(2)7-11(3)17(4)9-12-5-6-16-13(8-12)14(15)18/h5-6,8,10-11H,7,9H2,1-4H3,(H2,15,18). The van der Waals surface area contributed by atoms with Crippen molar-refractivity contribution in [1.29, 1.82) is 0 Å². The molecule has 0 aromatic carbocycles. The molecule has 0 aliphatic carbocycles. The SMILES string of the molecule is CC(C)CC(C)N(C)Cc1ccnc(C(N)=S)c1. The first kappa shape index (κ1) is 15.1. The molecule has 0 bridgehead atoms. The molecule has 2 N–H and O–H groups in total. The first-order valence-corrected chi connectivity index (χ1v) is 6.76. The van der Waals surface area contributed by atoms with E-state index in [1.807, 2.05) is 12.1 Å². The van der Waals surface area contributed by atoms with Crippen LogP contribution in [0.15, 0.2) is 18.3 Å². The Bertz CT molecular complexity index is 404. The van der Waals surface area contributed by atoms with E-state index in [1.54, 1.807) is 6.20 Å². The molecule has 100 valence electrons. The average Bonchev–Trinajstić information content (AvgIpc) is 2.28. The van der Waals surface area contributed by atoms with Gasteiger partial charge in [-0.3, -0.25) is 9.88 Å². The molecule has 1 aromatic heterocycles. The Morgan fingerprint density at radius 3 is 2.67 bits per heavy atom. The second-order valence-electron chi connectivity index (χ2n) is 5.31. The number of thiocarbonyl (C=S) groups is 1. The highest BCUT2D eigenvalue weighted by Crippen LogP contribution is 2.13. The third kappa shape index (κ3) is 4.70. The van der Waals surface area contributed by atoms with E-state index in [1.165, 1.54) is 12.0 Å². The van der Waals surface area contributed by atoms with Gasteiger partial charge in [-0.25, -0.2) is 0 Å². The minimum atomic E-state index is 0.356. The maximum absolute atomic E-state index is 5.59. The topological polar surface area (TPSA) is 42.2 Å². The first-order valence-electron chi connectivity index (χ1n) is 6.35. The summed E-state index contributed by atoms with van der Waals surface area (Å²) in [5.74, 6) is 0.715. The summed E-state index contributed by atoms with van der Waals surface area (Å²) in [7, 11) is 2.15. The number of nitrogens with two attached hydrogens (primary N) is 1. The molecule has 0 amide bonds. The van der Waals surface area contributed by atoms with Crippen LogP contribution >= 0.6 is 12.2 Å². The highest BCUT2D eigenvalue weighted by molar-refractivity contribution is 7.80. The van der Waals surface area contributed by atoms with E-state index >= 15 is 0 Å². The molecule has 0 aliphatic heterocycles. The van der Waals surface area contributed by atoms with Crippen LogP contribution < -0.4 is 5.73 Å². The summed E-state index contributed by atoms with van der Waals surface area (Å²) < 4.78 is 0. The molecule has 0 fully saturated rings. The molecule has 3 nitrogen and oxygen atoms in total. The summed E-state index contributed by atoms with van der Waals surface area (Å²) in [4.78, 5) is 6.86. The number of aromatic nitrogens is 1. The Morgan fingerprint density at radius 1 is 1.44 bits per heavy atom. The maximum Gasteiger partial charge on any atom is 0.122 e. The van der Waals surface area contributed by atoms with Crippen LogP contribution in [-0.2, 0) is 6.54 Å². The number of rotatable bonds is 6. The number of hydrogen-bond acceptors (Lipinski definition) is 3. The van der Waals surface area contributed by atoms with Crippen molar-refractivity contribution in [2.45, 2.75) is 39.8 Å². The summed E-state index contributed by atoms with van der Waals surface area (Å²) in [5, 5.41) is 0. The van der Waals surface area contributed by atoms with E-state index in [0.29, 0.717) is 22.6 Å². The molecule has 0 saturated heterocycles. The Kier molecular flexibility index (Phi) is 5.69. The predicted octanol–water partition coefficient (Wildman–Crippen LogP) is 2.58. The first-order chi connectivity index (χ1) is 8.40. The second kappa shape index (κ2) is 6.81. The van der Waals surface area contributed by atoms with Gasteiger partial charge in [0.2, 0.25) is 0 Å². The second-order valence-corrected chi connectivity index (χ2v) is 5.75. The molecule has 4 heteroatoms. The van der Waals surface area contributed by atoms with Crippen molar-refractivity contribution < 1.29 is 0 Å². The van der Waals surface area contributed by atoms with E-state index in [2.05, 4.69) is 37.7 Å².